The smallest absolute Gasteiger partial charge is 0.101 e. The summed E-state index contributed by atoms with van der Waals surface area (Å²) in [4.78, 5) is 2.51. The van der Waals surface area contributed by atoms with E-state index in [-0.39, 0.29) is 0 Å². The van der Waals surface area contributed by atoms with E-state index in [1.807, 2.05) is 22.1 Å². The van der Waals surface area contributed by atoms with Crippen LogP contribution in [-0.4, -0.2) is 9.78 Å². The zero-order chi connectivity index (χ0) is 25.3. The summed E-state index contributed by atoms with van der Waals surface area (Å²) < 4.78 is 2.00. The van der Waals surface area contributed by atoms with Crippen LogP contribution in [0.15, 0.2) is 146 Å². The standard InChI is InChI=1S/C35H24N2S/c1-4-14-25(15-5-1)28-20-10-11-21-29(28)34-30-22-12-13-23-31(30)35(38-34)32-24-37(27-18-8-3-9-19-27)36-33(32)26-16-6-2-7-17-26/h1-24H. The van der Waals surface area contributed by atoms with Gasteiger partial charge in [-0.15, -0.1) is 11.3 Å². The fraction of sp³-hybridized carbons (Fsp3) is 0. The summed E-state index contributed by atoms with van der Waals surface area (Å²) >= 11 is 1.85. The van der Waals surface area contributed by atoms with E-state index in [1.165, 1.54) is 37.2 Å². The summed E-state index contributed by atoms with van der Waals surface area (Å²) in [6.07, 6.45) is 2.18. The number of para-hydroxylation sites is 1. The van der Waals surface area contributed by atoms with Crippen LogP contribution in [0.3, 0.4) is 0 Å². The summed E-state index contributed by atoms with van der Waals surface area (Å²) in [6.45, 7) is 0. The first-order valence-corrected chi connectivity index (χ1v) is 13.6. The highest BCUT2D eigenvalue weighted by molar-refractivity contribution is 7.21. The van der Waals surface area contributed by atoms with Gasteiger partial charge in [-0.25, -0.2) is 4.68 Å². The fourth-order valence-corrected chi connectivity index (χ4v) is 6.43. The van der Waals surface area contributed by atoms with Crippen LogP contribution in [0, 0.1) is 0 Å². The molecule has 0 spiro atoms. The molecule has 0 saturated heterocycles. The minimum atomic E-state index is 0.990. The molecule has 7 rings (SSSR count). The molecular formula is C35H24N2S. The van der Waals surface area contributed by atoms with Crippen molar-refractivity contribution in [1.29, 1.82) is 0 Å². The minimum absolute atomic E-state index is 0.990. The number of hydrogen-bond donors (Lipinski definition) is 0. The predicted octanol–water partition coefficient (Wildman–Crippen LogP) is 9.75. The van der Waals surface area contributed by atoms with Gasteiger partial charge in [-0.3, -0.25) is 0 Å². The molecule has 180 valence electrons. The minimum Gasteiger partial charge on any atom is -0.240 e. The SMILES string of the molecule is c1ccc(-c2ccccc2-c2sc(-c3cn(-c4ccccc4)nc3-c3ccccc3)c3ccccc23)cc1. The maximum atomic E-state index is 5.10. The third-order valence-electron chi connectivity index (χ3n) is 6.90. The van der Waals surface area contributed by atoms with Crippen molar-refractivity contribution in [3.05, 3.63) is 146 Å². The van der Waals surface area contributed by atoms with Crippen molar-refractivity contribution in [3.63, 3.8) is 0 Å². The molecule has 0 N–H and O–H groups in total. The second-order valence-electron chi connectivity index (χ2n) is 9.26. The van der Waals surface area contributed by atoms with Crippen molar-refractivity contribution in [1.82, 2.24) is 9.78 Å². The lowest BCUT2D eigenvalue weighted by molar-refractivity contribution is 0.884. The Kier molecular flexibility index (Phi) is 5.69. The maximum Gasteiger partial charge on any atom is 0.101 e. The first-order chi connectivity index (χ1) is 18.9. The van der Waals surface area contributed by atoms with Crippen molar-refractivity contribution in [3.8, 4) is 49.0 Å². The van der Waals surface area contributed by atoms with Gasteiger partial charge in [-0.1, -0.05) is 127 Å². The van der Waals surface area contributed by atoms with E-state index in [2.05, 4.69) is 140 Å². The van der Waals surface area contributed by atoms with Gasteiger partial charge in [0.05, 0.1) is 5.69 Å². The molecule has 0 radical (unpaired) electrons. The highest BCUT2D eigenvalue weighted by Crippen LogP contribution is 2.48. The molecule has 7 aromatic rings. The van der Waals surface area contributed by atoms with Crippen LogP contribution < -0.4 is 0 Å². The first kappa shape index (κ1) is 22.5. The average Bonchev–Trinajstić information content (AvgIpc) is 3.61. The molecule has 38 heavy (non-hydrogen) atoms. The molecule has 2 heterocycles. The van der Waals surface area contributed by atoms with E-state index in [0.717, 1.165) is 22.5 Å². The van der Waals surface area contributed by atoms with E-state index in [4.69, 9.17) is 5.10 Å². The maximum absolute atomic E-state index is 5.10. The van der Waals surface area contributed by atoms with Gasteiger partial charge in [0.15, 0.2) is 0 Å². The molecule has 5 aromatic carbocycles. The summed E-state index contributed by atoms with van der Waals surface area (Å²) in [5.74, 6) is 0. The number of thiophene rings is 1. The van der Waals surface area contributed by atoms with Gasteiger partial charge < -0.3 is 0 Å². The molecule has 0 aliphatic carbocycles. The van der Waals surface area contributed by atoms with Crippen LogP contribution in [0.25, 0.3) is 59.7 Å². The Balaban J connectivity index is 1.49. The van der Waals surface area contributed by atoms with Gasteiger partial charge in [0.2, 0.25) is 0 Å². The first-order valence-electron chi connectivity index (χ1n) is 12.7. The molecule has 0 aliphatic rings. The monoisotopic (exact) mass is 504 g/mol. The molecule has 0 bridgehead atoms. The Morgan fingerprint density at radius 1 is 0.447 bits per heavy atom. The topological polar surface area (TPSA) is 17.8 Å². The summed E-state index contributed by atoms with van der Waals surface area (Å²) in [5, 5.41) is 7.62. The molecule has 0 fully saturated rings. The van der Waals surface area contributed by atoms with Gasteiger partial charge in [-0.05, 0) is 23.3 Å². The number of rotatable bonds is 5. The number of fused-ring (bicyclic) bond motifs is 1. The van der Waals surface area contributed by atoms with Crippen molar-refractivity contribution < 1.29 is 0 Å². The number of hydrogen-bond acceptors (Lipinski definition) is 2. The van der Waals surface area contributed by atoms with Crippen LogP contribution in [0.2, 0.25) is 0 Å². The lowest BCUT2D eigenvalue weighted by Gasteiger charge is -2.09. The number of aromatic nitrogens is 2. The zero-order valence-corrected chi connectivity index (χ0v) is 21.5. The molecular weight excluding hydrogens is 480 g/mol. The van der Waals surface area contributed by atoms with Gasteiger partial charge in [0.25, 0.3) is 0 Å². The third-order valence-corrected chi connectivity index (χ3v) is 8.19. The van der Waals surface area contributed by atoms with Crippen LogP contribution in [0.5, 0.6) is 0 Å². The number of benzene rings is 5. The van der Waals surface area contributed by atoms with E-state index in [0.29, 0.717) is 0 Å². The van der Waals surface area contributed by atoms with Gasteiger partial charge >= 0.3 is 0 Å². The Hall–Kier alpha value is -4.73. The Bertz CT molecular complexity index is 1850. The van der Waals surface area contributed by atoms with Crippen molar-refractivity contribution in [2.24, 2.45) is 0 Å². The van der Waals surface area contributed by atoms with Crippen LogP contribution in [0.4, 0.5) is 0 Å². The molecule has 2 nitrogen and oxygen atoms in total. The zero-order valence-electron chi connectivity index (χ0n) is 20.7. The third kappa shape index (κ3) is 3.94. The van der Waals surface area contributed by atoms with Crippen LogP contribution >= 0.6 is 11.3 Å². The second kappa shape index (κ2) is 9.62. The fourth-order valence-electron chi connectivity index (χ4n) is 5.10. The van der Waals surface area contributed by atoms with Gasteiger partial charge in [-0.2, -0.15) is 5.10 Å². The van der Waals surface area contributed by atoms with Gasteiger partial charge in [0.1, 0.15) is 5.69 Å². The quantitative estimate of drug-likeness (QED) is 0.228. The molecule has 0 amide bonds. The molecule has 0 saturated carbocycles. The lowest BCUT2D eigenvalue weighted by Crippen LogP contribution is -1.93. The lowest BCUT2D eigenvalue weighted by atomic mass is 9.96. The molecule has 0 atom stereocenters. The van der Waals surface area contributed by atoms with Crippen LogP contribution in [0.1, 0.15) is 0 Å². The van der Waals surface area contributed by atoms with Gasteiger partial charge in [0, 0.05) is 43.4 Å². The Morgan fingerprint density at radius 3 is 1.61 bits per heavy atom. The second-order valence-corrected chi connectivity index (χ2v) is 10.3. The van der Waals surface area contributed by atoms with Crippen molar-refractivity contribution >= 4 is 22.1 Å². The van der Waals surface area contributed by atoms with Crippen molar-refractivity contribution in [2.45, 2.75) is 0 Å². The van der Waals surface area contributed by atoms with E-state index in [9.17, 15) is 0 Å². The summed E-state index contributed by atoms with van der Waals surface area (Å²) in [5.41, 5.74) is 8.02. The molecule has 0 aliphatic heterocycles. The Morgan fingerprint density at radius 2 is 0.947 bits per heavy atom. The van der Waals surface area contributed by atoms with Crippen molar-refractivity contribution in [2.75, 3.05) is 0 Å². The van der Waals surface area contributed by atoms with E-state index < -0.39 is 0 Å². The molecule has 2 aromatic heterocycles. The highest BCUT2D eigenvalue weighted by atomic mass is 32.1. The highest BCUT2D eigenvalue weighted by Gasteiger charge is 2.21. The largest absolute Gasteiger partial charge is 0.240 e. The average molecular weight is 505 g/mol. The van der Waals surface area contributed by atoms with E-state index >= 15 is 0 Å². The normalized spacial score (nSPS) is 11.2. The molecule has 3 heteroatoms. The predicted molar refractivity (Wildman–Crippen MR) is 161 cm³/mol. The summed E-state index contributed by atoms with van der Waals surface area (Å²) in [7, 11) is 0. The number of nitrogens with zero attached hydrogens (tertiary/aromatic N) is 2. The van der Waals surface area contributed by atoms with Crippen LogP contribution in [-0.2, 0) is 0 Å². The summed E-state index contributed by atoms with van der Waals surface area (Å²) in [6, 6.07) is 49.0. The molecule has 0 unspecified atom stereocenters. The van der Waals surface area contributed by atoms with E-state index in [1.54, 1.807) is 0 Å². The Labute approximate surface area is 226 Å².